The average molecular weight is 279 g/mol. The van der Waals surface area contributed by atoms with E-state index in [-0.39, 0.29) is 12.1 Å². The van der Waals surface area contributed by atoms with Crippen molar-refractivity contribution in [3.8, 4) is 0 Å². The maximum Gasteiger partial charge on any atom is 0.347 e. The number of likely N-dealkylation sites (tertiary alicyclic amines) is 1. The molecule has 0 aromatic carbocycles. The van der Waals surface area contributed by atoms with E-state index in [9.17, 15) is 9.59 Å². The van der Waals surface area contributed by atoms with E-state index in [1.807, 2.05) is 6.92 Å². The lowest BCUT2D eigenvalue weighted by molar-refractivity contribution is -0.136. The smallest absolute Gasteiger partial charge is 0.347 e. The first kappa shape index (κ1) is 14.7. The van der Waals surface area contributed by atoms with Gasteiger partial charge in [0, 0.05) is 30.0 Å². The molecular weight excluding hydrogens is 258 g/mol. The van der Waals surface area contributed by atoms with Crippen LogP contribution in [0.3, 0.4) is 0 Å². The molecule has 0 amide bonds. The lowest BCUT2D eigenvalue weighted by Crippen LogP contribution is -2.31. The number of hydrogen-bond acceptors (Lipinski definition) is 4. The van der Waals surface area contributed by atoms with Crippen molar-refractivity contribution in [2.45, 2.75) is 33.2 Å². The number of hydrogen-bond donors (Lipinski definition) is 1. The minimum Gasteiger partial charge on any atom is -0.481 e. The van der Waals surface area contributed by atoms with Crippen molar-refractivity contribution < 1.29 is 9.90 Å². The molecule has 1 aliphatic rings. The van der Waals surface area contributed by atoms with Crippen molar-refractivity contribution in [2.75, 3.05) is 20.1 Å². The van der Waals surface area contributed by atoms with Gasteiger partial charge in [0.2, 0.25) is 0 Å². The molecule has 110 valence electrons. The minimum absolute atomic E-state index is 0.0878. The van der Waals surface area contributed by atoms with Gasteiger partial charge in [-0.2, -0.15) is 4.98 Å². The molecule has 6 nitrogen and oxygen atoms in total. The molecule has 6 heteroatoms. The van der Waals surface area contributed by atoms with E-state index >= 15 is 0 Å². The Kier molecular flexibility index (Phi) is 4.23. The minimum atomic E-state index is -0.899. The lowest BCUT2D eigenvalue weighted by Gasteiger charge is -2.17. The second kappa shape index (κ2) is 5.75. The number of carboxylic acids is 1. The Bertz CT molecular complexity index is 580. The molecule has 1 atom stereocenters. The molecule has 1 N–H and O–H groups in total. The van der Waals surface area contributed by atoms with Crippen LogP contribution in [0.5, 0.6) is 0 Å². The van der Waals surface area contributed by atoms with Gasteiger partial charge in [0.05, 0.1) is 6.42 Å². The highest BCUT2D eigenvalue weighted by atomic mass is 16.4. The van der Waals surface area contributed by atoms with Crippen LogP contribution in [0.2, 0.25) is 0 Å². The number of carbonyl (C=O) groups is 1. The summed E-state index contributed by atoms with van der Waals surface area (Å²) >= 11 is 0. The Morgan fingerprint density at radius 2 is 2.15 bits per heavy atom. The first-order valence-corrected chi connectivity index (χ1v) is 6.85. The van der Waals surface area contributed by atoms with Crippen LogP contribution in [0.15, 0.2) is 4.79 Å². The highest BCUT2D eigenvalue weighted by Crippen LogP contribution is 2.18. The van der Waals surface area contributed by atoms with Gasteiger partial charge < -0.3 is 10.0 Å². The number of aromatic nitrogens is 2. The van der Waals surface area contributed by atoms with Gasteiger partial charge in [-0.15, -0.1) is 0 Å². The molecule has 2 rings (SSSR count). The van der Waals surface area contributed by atoms with Gasteiger partial charge >= 0.3 is 11.7 Å². The highest BCUT2D eigenvalue weighted by molar-refractivity contribution is 5.70. The van der Waals surface area contributed by atoms with Crippen LogP contribution in [0.4, 0.5) is 0 Å². The fourth-order valence-electron chi connectivity index (χ4n) is 2.90. The van der Waals surface area contributed by atoms with Crippen LogP contribution in [0.25, 0.3) is 0 Å². The summed E-state index contributed by atoms with van der Waals surface area (Å²) in [5.41, 5.74) is 1.64. The molecule has 1 unspecified atom stereocenters. The summed E-state index contributed by atoms with van der Waals surface area (Å²) in [5, 5.41) is 8.97. The summed E-state index contributed by atoms with van der Waals surface area (Å²) < 4.78 is 1.63. The Morgan fingerprint density at radius 3 is 2.70 bits per heavy atom. The van der Waals surface area contributed by atoms with Crippen molar-refractivity contribution in [3.05, 3.63) is 27.4 Å². The summed E-state index contributed by atoms with van der Waals surface area (Å²) in [6.45, 7) is 6.13. The first-order valence-electron chi connectivity index (χ1n) is 6.85. The summed E-state index contributed by atoms with van der Waals surface area (Å²) in [6.07, 6.45) is 0.972. The third kappa shape index (κ3) is 3.07. The molecule has 1 saturated heterocycles. The maximum absolute atomic E-state index is 12.1. The second-order valence-electron chi connectivity index (χ2n) is 5.64. The highest BCUT2D eigenvalue weighted by Gasteiger charge is 2.22. The van der Waals surface area contributed by atoms with Crippen molar-refractivity contribution in [1.29, 1.82) is 0 Å². The average Bonchev–Trinajstić information content (AvgIpc) is 2.75. The topological polar surface area (TPSA) is 75.4 Å². The Morgan fingerprint density at radius 1 is 1.45 bits per heavy atom. The van der Waals surface area contributed by atoms with Gasteiger partial charge in [-0.05, 0) is 39.8 Å². The van der Waals surface area contributed by atoms with E-state index in [4.69, 9.17) is 5.11 Å². The van der Waals surface area contributed by atoms with Crippen LogP contribution in [-0.2, 0) is 17.8 Å². The van der Waals surface area contributed by atoms with Gasteiger partial charge in [0.1, 0.15) is 0 Å². The molecule has 1 aromatic heterocycles. The van der Waals surface area contributed by atoms with Crippen molar-refractivity contribution in [3.63, 3.8) is 0 Å². The number of rotatable bonds is 4. The molecule has 0 aliphatic carbocycles. The molecule has 1 fully saturated rings. The number of nitrogens with zero attached hydrogens (tertiary/aromatic N) is 3. The predicted octanol–water partition coefficient (Wildman–Crippen LogP) is 0.439. The van der Waals surface area contributed by atoms with Crippen molar-refractivity contribution in [2.24, 2.45) is 5.92 Å². The predicted molar refractivity (Wildman–Crippen MR) is 74.9 cm³/mol. The molecule has 1 aliphatic heterocycles. The van der Waals surface area contributed by atoms with Gasteiger partial charge in [-0.3, -0.25) is 9.36 Å². The molecule has 0 spiro atoms. The first-order chi connectivity index (χ1) is 9.38. The maximum atomic E-state index is 12.1. The van der Waals surface area contributed by atoms with Crippen LogP contribution in [0.1, 0.15) is 23.4 Å². The third-order valence-corrected chi connectivity index (χ3v) is 4.03. The molecule has 20 heavy (non-hydrogen) atoms. The van der Waals surface area contributed by atoms with Gasteiger partial charge in [-0.25, -0.2) is 4.79 Å². The van der Waals surface area contributed by atoms with E-state index in [0.717, 1.165) is 25.2 Å². The van der Waals surface area contributed by atoms with E-state index in [0.29, 0.717) is 23.7 Å². The van der Waals surface area contributed by atoms with Gasteiger partial charge in [-0.1, -0.05) is 0 Å². The molecule has 0 radical (unpaired) electrons. The molecule has 0 saturated carbocycles. The molecule has 0 bridgehead atoms. The summed E-state index contributed by atoms with van der Waals surface area (Å²) in [7, 11) is 2.07. The third-order valence-electron chi connectivity index (χ3n) is 4.03. The quantitative estimate of drug-likeness (QED) is 0.865. The van der Waals surface area contributed by atoms with Crippen LogP contribution in [0, 0.1) is 19.8 Å². The largest absolute Gasteiger partial charge is 0.481 e. The molecular formula is C14H21N3O3. The van der Waals surface area contributed by atoms with Crippen LogP contribution < -0.4 is 5.69 Å². The monoisotopic (exact) mass is 279 g/mol. The zero-order chi connectivity index (χ0) is 14.9. The van der Waals surface area contributed by atoms with Gasteiger partial charge in [0.15, 0.2) is 0 Å². The summed E-state index contributed by atoms with van der Waals surface area (Å²) in [5.74, 6) is -0.470. The fraction of sp³-hybridized carbons (Fsp3) is 0.643. The number of aliphatic carboxylic acids is 1. The van der Waals surface area contributed by atoms with Gasteiger partial charge in [0.25, 0.3) is 0 Å². The number of carboxylic acid groups (broad SMARTS) is 1. The second-order valence-corrected chi connectivity index (χ2v) is 5.64. The Labute approximate surface area is 118 Å². The Hall–Kier alpha value is -1.69. The van der Waals surface area contributed by atoms with Crippen molar-refractivity contribution >= 4 is 5.97 Å². The van der Waals surface area contributed by atoms with E-state index < -0.39 is 5.97 Å². The molecule has 1 aromatic rings. The van der Waals surface area contributed by atoms with Crippen LogP contribution >= 0.6 is 0 Å². The summed E-state index contributed by atoms with van der Waals surface area (Å²) in [4.78, 5) is 29.2. The van der Waals surface area contributed by atoms with Crippen molar-refractivity contribution in [1.82, 2.24) is 14.5 Å². The molecule has 2 heterocycles. The lowest BCUT2D eigenvalue weighted by atomic mass is 10.1. The number of aryl methyl sites for hydroxylation is 1. The normalized spacial score (nSPS) is 19.4. The zero-order valence-corrected chi connectivity index (χ0v) is 12.2. The van der Waals surface area contributed by atoms with E-state index in [2.05, 4.69) is 16.9 Å². The summed E-state index contributed by atoms with van der Waals surface area (Å²) in [6, 6.07) is 0. The van der Waals surface area contributed by atoms with Crippen LogP contribution in [-0.4, -0.2) is 45.7 Å². The van der Waals surface area contributed by atoms with E-state index in [1.54, 1.807) is 11.5 Å². The Balaban J connectivity index is 2.32. The standard InChI is InChI=1S/C14H21N3O3/c1-9-12(6-13(18)19)10(2)17(14(20)15-9)8-11-4-5-16(3)7-11/h11H,4-8H2,1-3H3,(H,18,19). The van der Waals surface area contributed by atoms with E-state index in [1.165, 1.54) is 0 Å². The zero-order valence-electron chi connectivity index (χ0n) is 12.2. The SMILES string of the molecule is Cc1nc(=O)n(CC2CCN(C)C2)c(C)c1CC(=O)O. The fourth-order valence-corrected chi connectivity index (χ4v) is 2.90.